The predicted molar refractivity (Wildman–Crippen MR) is 40.2 cm³/mol. The van der Waals surface area contributed by atoms with E-state index in [1.165, 1.54) is 0 Å². The van der Waals surface area contributed by atoms with Crippen molar-refractivity contribution in [2.45, 2.75) is 6.42 Å². The van der Waals surface area contributed by atoms with E-state index < -0.39 is 0 Å². The quantitative estimate of drug-likeness (QED) is 0.454. The molecule has 0 saturated heterocycles. The zero-order chi connectivity index (χ0) is 8.10. The number of carbonyl (C=O) groups excluding carboxylic acids is 2. The third-order valence-electron chi connectivity index (χ3n) is 1.38. The van der Waals surface area contributed by atoms with E-state index in [9.17, 15) is 9.59 Å². The smallest absolute Gasteiger partial charge is 0.211 e. The Bertz CT molecular complexity index is 270. The van der Waals surface area contributed by atoms with Crippen molar-refractivity contribution in [2.24, 2.45) is 0 Å². The summed E-state index contributed by atoms with van der Waals surface area (Å²) in [4.78, 5) is 20.3. The van der Waals surface area contributed by atoms with Crippen LogP contribution in [0.3, 0.4) is 0 Å². The Hall–Kier alpha value is -1.60. The maximum atomic E-state index is 10.3. The van der Waals surface area contributed by atoms with Gasteiger partial charge in [-0.3, -0.25) is 4.79 Å². The van der Waals surface area contributed by atoms with Gasteiger partial charge >= 0.3 is 0 Å². The zero-order valence-electron chi connectivity index (χ0n) is 5.83. The summed E-state index contributed by atoms with van der Waals surface area (Å²) in [5, 5.41) is 2.42. The average Bonchev–Trinajstić information content (AvgIpc) is 2.06. The number of allylic oxidation sites excluding steroid dienone is 4. The highest BCUT2D eigenvalue weighted by molar-refractivity contribution is 5.66. The molecule has 3 heteroatoms. The van der Waals surface area contributed by atoms with Crippen LogP contribution in [0.15, 0.2) is 29.5 Å². The first kappa shape index (κ1) is 7.51. The minimum atomic E-state index is 0.486. The molecule has 0 radical (unpaired) electrons. The van der Waals surface area contributed by atoms with Crippen LogP contribution in [0.5, 0.6) is 0 Å². The first-order valence-electron chi connectivity index (χ1n) is 3.20. The molecule has 1 N–H and O–H groups in total. The van der Waals surface area contributed by atoms with Crippen molar-refractivity contribution in [2.75, 3.05) is 0 Å². The second kappa shape index (κ2) is 3.54. The maximum absolute atomic E-state index is 10.3. The average molecular weight is 149 g/mol. The van der Waals surface area contributed by atoms with Crippen molar-refractivity contribution in [1.29, 1.82) is 0 Å². The Kier molecular flexibility index (Phi) is 2.42. The predicted octanol–water partition coefficient (Wildman–Crippen LogP) is 0.334. The third-order valence-corrected chi connectivity index (χ3v) is 1.38. The second-order valence-corrected chi connectivity index (χ2v) is 2.06. The van der Waals surface area contributed by atoms with Gasteiger partial charge in [0.25, 0.3) is 0 Å². The Morgan fingerprint density at radius 2 is 2.45 bits per heavy atom. The minimum Gasteiger partial charge on any atom is -0.328 e. The molecular weight excluding hydrogens is 142 g/mol. The number of hydrogen-bond acceptors (Lipinski definition) is 2. The van der Waals surface area contributed by atoms with Crippen molar-refractivity contribution in [3.8, 4) is 0 Å². The van der Waals surface area contributed by atoms with E-state index in [1.54, 1.807) is 18.1 Å². The fraction of sp³-hybridized carbons (Fsp3) is 0.125. The van der Waals surface area contributed by atoms with Gasteiger partial charge < -0.3 is 5.32 Å². The van der Waals surface area contributed by atoms with E-state index in [2.05, 4.69) is 5.32 Å². The molecule has 0 heterocycles. The third kappa shape index (κ3) is 1.66. The van der Waals surface area contributed by atoms with Crippen molar-refractivity contribution < 1.29 is 9.59 Å². The molecule has 1 amide bonds. The Morgan fingerprint density at radius 3 is 3.09 bits per heavy atom. The molecule has 11 heavy (non-hydrogen) atoms. The highest BCUT2D eigenvalue weighted by atomic mass is 16.1. The van der Waals surface area contributed by atoms with Gasteiger partial charge in [-0.2, -0.15) is 0 Å². The fourth-order valence-corrected chi connectivity index (χ4v) is 0.856. The topological polar surface area (TPSA) is 46.2 Å². The highest BCUT2D eigenvalue weighted by Crippen LogP contribution is 2.12. The lowest BCUT2D eigenvalue weighted by Gasteiger charge is -2.06. The minimum absolute atomic E-state index is 0.486. The Balaban J connectivity index is 2.86. The summed E-state index contributed by atoms with van der Waals surface area (Å²) >= 11 is 0. The Morgan fingerprint density at radius 1 is 1.64 bits per heavy atom. The second-order valence-electron chi connectivity index (χ2n) is 2.06. The molecule has 0 aromatic carbocycles. The monoisotopic (exact) mass is 149 g/mol. The molecule has 0 aromatic heterocycles. The molecule has 1 rings (SSSR count). The van der Waals surface area contributed by atoms with Crippen molar-refractivity contribution in [3.63, 3.8) is 0 Å². The lowest BCUT2D eigenvalue weighted by atomic mass is 10.1. The normalized spacial score (nSPS) is 15.3. The SMILES string of the molecule is O=C=C1CC=CC=C1NC=O. The number of amides is 1. The van der Waals surface area contributed by atoms with E-state index in [1.807, 2.05) is 6.08 Å². The van der Waals surface area contributed by atoms with Crippen LogP contribution in [0.1, 0.15) is 6.42 Å². The van der Waals surface area contributed by atoms with Crippen LogP contribution in [0.25, 0.3) is 0 Å². The molecule has 1 aliphatic carbocycles. The van der Waals surface area contributed by atoms with Gasteiger partial charge in [-0.05, 0) is 6.08 Å². The number of carbonyl (C=O) groups is 1. The van der Waals surface area contributed by atoms with Gasteiger partial charge in [-0.1, -0.05) is 12.2 Å². The molecular formula is C8H7NO2. The van der Waals surface area contributed by atoms with Gasteiger partial charge in [0, 0.05) is 6.42 Å². The van der Waals surface area contributed by atoms with Crippen molar-refractivity contribution >= 4 is 12.4 Å². The Labute approximate surface area is 64.1 Å². The first-order chi connectivity index (χ1) is 5.38. The summed E-state index contributed by atoms with van der Waals surface area (Å²) in [5.41, 5.74) is 1.03. The van der Waals surface area contributed by atoms with Gasteiger partial charge in [-0.25, -0.2) is 4.79 Å². The van der Waals surface area contributed by atoms with Crippen molar-refractivity contribution in [1.82, 2.24) is 5.32 Å². The molecule has 1 aliphatic rings. The lowest BCUT2D eigenvalue weighted by molar-refractivity contribution is -0.108. The summed E-state index contributed by atoms with van der Waals surface area (Å²) in [6.07, 6.45) is 6.36. The van der Waals surface area contributed by atoms with Crippen LogP contribution in [0, 0.1) is 0 Å². The standard InChI is InChI=1S/C8H7NO2/c10-5-7-3-1-2-4-8(7)9-6-11/h1-2,4,6H,3H2,(H,9,11). The van der Waals surface area contributed by atoms with Gasteiger partial charge in [0.1, 0.15) is 5.94 Å². The maximum Gasteiger partial charge on any atom is 0.211 e. The van der Waals surface area contributed by atoms with Gasteiger partial charge in [0.15, 0.2) is 0 Å². The summed E-state index contributed by atoms with van der Waals surface area (Å²) in [6.45, 7) is 0. The van der Waals surface area contributed by atoms with Gasteiger partial charge in [-0.15, -0.1) is 0 Å². The van der Waals surface area contributed by atoms with Crippen molar-refractivity contribution in [3.05, 3.63) is 29.5 Å². The molecule has 0 atom stereocenters. The number of nitrogens with one attached hydrogen (secondary N) is 1. The molecule has 0 aromatic rings. The van der Waals surface area contributed by atoms with Gasteiger partial charge in [0.05, 0.1) is 11.3 Å². The zero-order valence-corrected chi connectivity index (χ0v) is 5.83. The van der Waals surface area contributed by atoms with E-state index in [0.29, 0.717) is 24.1 Å². The largest absolute Gasteiger partial charge is 0.328 e. The van der Waals surface area contributed by atoms with E-state index in [-0.39, 0.29) is 0 Å². The lowest BCUT2D eigenvalue weighted by Crippen LogP contribution is -2.13. The summed E-state index contributed by atoms with van der Waals surface area (Å²) < 4.78 is 0. The summed E-state index contributed by atoms with van der Waals surface area (Å²) in [7, 11) is 0. The molecule has 0 saturated carbocycles. The van der Waals surface area contributed by atoms with Crippen LogP contribution >= 0.6 is 0 Å². The summed E-state index contributed by atoms with van der Waals surface area (Å²) in [5.74, 6) is 1.76. The fourth-order valence-electron chi connectivity index (χ4n) is 0.856. The molecule has 0 bridgehead atoms. The van der Waals surface area contributed by atoms with Crippen LogP contribution in [0.4, 0.5) is 0 Å². The van der Waals surface area contributed by atoms with E-state index in [0.717, 1.165) is 0 Å². The van der Waals surface area contributed by atoms with Crippen LogP contribution in [0.2, 0.25) is 0 Å². The van der Waals surface area contributed by atoms with Crippen LogP contribution in [-0.4, -0.2) is 12.4 Å². The first-order valence-corrected chi connectivity index (χ1v) is 3.20. The van der Waals surface area contributed by atoms with Gasteiger partial charge in [0.2, 0.25) is 6.41 Å². The number of hydrogen-bond donors (Lipinski definition) is 1. The van der Waals surface area contributed by atoms with E-state index >= 15 is 0 Å². The molecule has 56 valence electrons. The molecule has 0 unspecified atom stereocenters. The molecule has 0 spiro atoms. The van der Waals surface area contributed by atoms with E-state index in [4.69, 9.17) is 0 Å². The van der Waals surface area contributed by atoms with Crippen LogP contribution < -0.4 is 5.32 Å². The van der Waals surface area contributed by atoms with Crippen LogP contribution in [-0.2, 0) is 9.59 Å². The highest BCUT2D eigenvalue weighted by Gasteiger charge is 2.05. The molecule has 0 fully saturated rings. The molecule has 0 aliphatic heterocycles. The molecule has 3 nitrogen and oxygen atoms in total. The number of rotatable bonds is 2. The summed E-state index contributed by atoms with van der Waals surface area (Å²) in [6, 6.07) is 0.